The van der Waals surface area contributed by atoms with Crippen molar-refractivity contribution in [3.8, 4) is 0 Å². The Morgan fingerprint density at radius 2 is 2.38 bits per heavy atom. The van der Waals surface area contributed by atoms with E-state index in [1.165, 1.54) is 7.11 Å². The second-order valence-corrected chi connectivity index (χ2v) is 3.07. The monoisotopic (exact) mass is 185 g/mol. The molecule has 0 amide bonds. The lowest BCUT2D eigenvalue weighted by Gasteiger charge is -2.13. The lowest BCUT2D eigenvalue weighted by Crippen LogP contribution is -2.32. The standard InChI is InChI=1S/C9H15NO3/c1-4-5-7-8(9(11)12-3)13-6(2)10-7/h7-8H,4-5H2,1-3H3. The Bertz CT molecular complexity index is 225. The molecule has 4 nitrogen and oxygen atoms in total. The molecule has 74 valence electrons. The van der Waals surface area contributed by atoms with Gasteiger partial charge < -0.3 is 9.47 Å². The Hall–Kier alpha value is -1.06. The molecule has 0 radical (unpaired) electrons. The molecule has 0 spiro atoms. The van der Waals surface area contributed by atoms with Crippen molar-refractivity contribution in [1.82, 2.24) is 0 Å². The van der Waals surface area contributed by atoms with Gasteiger partial charge in [-0.2, -0.15) is 0 Å². The van der Waals surface area contributed by atoms with Gasteiger partial charge in [0.15, 0.2) is 5.90 Å². The van der Waals surface area contributed by atoms with Crippen LogP contribution in [0.15, 0.2) is 4.99 Å². The van der Waals surface area contributed by atoms with Gasteiger partial charge in [0.25, 0.3) is 0 Å². The van der Waals surface area contributed by atoms with Gasteiger partial charge in [0, 0.05) is 6.92 Å². The average molecular weight is 185 g/mol. The van der Waals surface area contributed by atoms with E-state index < -0.39 is 6.10 Å². The number of esters is 1. The SMILES string of the molecule is CCCC1N=C(C)OC1C(=O)OC. The van der Waals surface area contributed by atoms with Gasteiger partial charge in [0.1, 0.15) is 6.04 Å². The summed E-state index contributed by atoms with van der Waals surface area (Å²) in [6, 6.07) is -0.0579. The first-order valence-electron chi connectivity index (χ1n) is 4.48. The molecule has 0 bridgehead atoms. The highest BCUT2D eigenvalue weighted by Gasteiger charge is 2.35. The summed E-state index contributed by atoms with van der Waals surface area (Å²) in [5.41, 5.74) is 0. The van der Waals surface area contributed by atoms with E-state index in [1.807, 2.05) is 0 Å². The third-order valence-corrected chi connectivity index (χ3v) is 2.01. The Balaban J connectivity index is 2.61. The number of hydrogen-bond acceptors (Lipinski definition) is 4. The number of carbonyl (C=O) groups excluding carboxylic acids is 1. The quantitative estimate of drug-likeness (QED) is 0.619. The number of aliphatic imine (C=N–C) groups is 1. The zero-order valence-electron chi connectivity index (χ0n) is 8.24. The van der Waals surface area contributed by atoms with Crippen LogP contribution in [-0.4, -0.2) is 31.1 Å². The topological polar surface area (TPSA) is 47.9 Å². The van der Waals surface area contributed by atoms with Crippen molar-refractivity contribution in [3.05, 3.63) is 0 Å². The van der Waals surface area contributed by atoms with Gasteiger partial charge in [-0.3, -0.25) is 0 Å². The Kier molecular flexibility index (Phi) is 3.28. The fraction of sp³-hybridized carbons (Fsp3) is 0.778. The van der Waals surface area contributed by atoms with Crippen LogP contribution in [0.2, 0.25) is 0 Å². The molecular weight excluding hydrogens is 170 g/mol. The molecule has 1 aliphatic rings. The van der Waals surface area contributed by atoms with Crippen molar-refractivity contribution in [2.24, 2.45) is 4.99 Å². The van der Waals surface area contributed by atoms with Crippen molar-refractivity contribution >= 4 is 11.9 Å². The minimum Gasteiger partial charge on any atom is -0.466 e. The van der Waals surface area contributed by atoms with Crippen molar-refractivity contribution < 1.29 is 14.3 Å². The van der Waals surface area contributed by atoms with E-state index in [2.05, 4.69) is 16.7 Å². The van der Waals surface area contributed by atoms with Crippen LogP contribution in [0.3, 0.4) is 0 Å². The summed E-state index contributed by atoms with van der Waals surface area (Å²) in [6.45, 7) is 3.81. The molecule has 1 aliphatic heterocycles. The highest BCUT2D eigenvalue weighted by atomic mass is 16.6. The molecular formula is C9H15NO3. The number of nitrogens with zero attached hydrogens (tertiary/aromatic N) is 1. The average Bonchev–Trinajstić information content (AvgIpc) is 2.46. The Morgan fingerprint density at radius 3 is 2.92 bits per heavy atom. The summed E-state index contributed by atoms with van der Waals surface area (Å²) in [4.78, 5) is 15.4. The number of methoxy groups -OCH3 is 1. The van der Waals surface area contributed by atoms with E-state index in [9.17, 15) is 4.79 Å². The van der Waals surface area contributed by atoms with Crippen LogP contribution in [0.5, 0.6) is 0 Å². The zero-order valence-corrected chi connectivity index (χ0v) is 8.24. The van der Waals surface area contributed by atoms with Crippen LogP contribution in [0, 0.1) is 0 Å². The van der Waals surface area contributed by atoms with Gasteiger partial charge in [-0.15, -0.1) is 0 Å². The van der Waals surface area contributed by atoms with Crippen LogP contribution >= 0.6 is 0 Å². The first-order valence-corrected chi connectivity index (χ1v) is 4.48. The van der Waals surface area contributed by atoms with E-state index in [1.54, 1.807) is 6.92 Å². The summed E-state index contributed by atoms with van der Waals surface area (Å²) in [5.74, 6) is 0.243. The van der Waals surface area contributed by atoms with E-state index >= 15 is 0 Å². The lowest BCUT2D eigenvalue weighted by atomic mass is 10.1. The van der Waals surface area contributed by atoms with Crippen LogP contribution in [-0.2, 0) is 14.3 Å². The predicted molar refractivity (Wildman–Crippen MR) is 48.7 cm³/mol. The smallest absolute Gasteiger partial charge is 0.349 e. The van der Waals surface area contributed by atoms with E-state index in [4.69, 9.17) is 4.74 Å². The number of rotatable bonds is 3. The molecule has 0 aromatic heterocycles. The van der Waals surface area contributed by atoms with Crippen LogP contribution in [0.1, 0.15) is 26.7 Å². The van der Waals surface area contributed by atoms with E-state index in [0.29, 0.717) is 5.90 Å². The summed E-state index contributed by atoms with van der Waals surface area (Å²) in [6.07, 6.45) is 1.32. The third kappa shape index (κ3) is 2.20. The summed E-state index contributed by atoms with van der Waals surface area (Å²) in [5, 5.41) is 0. The summed E-state index contributed by atoms with van der Waals surface area (Å²) < 4.78 is 9.88. The second-order valence-electron chi connectivity index (χ2n) is 3.07. The normalized spacial score (nSPS) is 26.5. The third-order valence-electron chi connectivity index (χ3n) is 2.01. The number of ether oxygens (including phenoxy) is 2. The molecule has 4 heteroatoms. The molecule has 13 heavy (non-hydrogen) atoms. The molecule has 0 saturated carbocycles. The molecule has 0 saturated heterocycles. The van der Waals surface area contributed by atoms with Gasteiger partial charge in [-0.1, -0.05) is 13.3 Å². The van der Waals surface area contributed by atoms with Crippen LogP contribution in [0.4, 0.5) is 0 Å². The fourth-order valence-corrected chi connectivity index (χ4v) is 1.43. The highest BCUT2D eigenvalue weighted by molar-refractivity contribution is 5.84. The zero-order chi connectivity index (χ0) is 9.84. The fourth-order valence-electron chi connectivity index (χ4n) is 1.43. The molecule has 0 N–H and O–H groups in total. The van der Waals surface area contributed by atoms with E-state index in [-0.39, 0.29) is 12.0 Å². The van der Waals surface area contributed by atoms with Gasteiger partial charge in [-0.25, -0.2) is 9.79 Å². The van der Waals surface area contributed by atoms with Gasteiger partial charge in [0.2, 0.25) is 6.10 Å². The van der Waals surface area contributed by atoms with Crippen LogP contribution < -0.4 is 0 Å². The minimum atomic E-state index is -0.523. The maximum Gasteiger partial charge on any atom is 0.349 e. The summed E-state index contributed by atoms with van der Waals surface area (Å²) >= 11 is 0. The van der Waals surface area contributed by atoms with E-state index in [0.717, 1.165) is 12.8 Å². The molecule has 2 unspecified atom stereocenters. The largest absolute Gasteiger partial charge is 0.466 e. The van der Waals surface area contributed by atoms with Crippen molar-refractivity contribution in [3.63, 3.8) is 0 Å². The van der Waals surface area contributed by atoms with Gasteiger partial charge in [-0.05, 0) is 6.42 Å². The predicted octanol–water partition coefficient (Wildman–Crippen LogP) is 1.15. The number of carbonyl (C=O) groups is 1. The Morgan fingerprint density at radius 1 is 1.69 bits per heavy atom. The maximum atomic E-state index is 11.2. The maximum absolute atomic E-state index is 11.2. The van der Waals surface area contributed by atoms with Crippen LogP contribution in [0.25, 0.3) is 0 Å². The molecule has 0 fully saturated rings. The molecule has 0 aromatic rings. The Labute approximate surface area is 77.9 Å². The van der Waals surface area contributed by atoms with Crippen molar-refractivity contribution in [2.75, 3.05) is 7.11 Å². The molecule has 0 aliphatic carbocycles. The number of hydrogen-bond donors (Lipinski definition) is 0. The van der Waals surface area contributed by atoms with Crippen molar-refractivity contribution in [1.29, 1.82) is 0 Å². The first kappa shape index (κ1) is 10.0. The molecule has 0 aromatic carbocycles. The minimum absolute atomic E-state index is 0.0579. The molecule has 1 heterocycles. The van der Waals surface area contributed by atoms with Crippen molar-refractivity contribution in [2.45, 2.75) is 38.8 Å². The highest BCUT2D eigenvalue weighted by Crippen LogP contribution is 2.18. The molecule has 1 rings (SSSR count). The van der Waals surface area contributed by atoms with Gasteiger partial charge in [0.05, 0.1) is 7.11 Å². The first-order chi connectivity index (χ1) is 6.19. The summed E-state index contributed by atoms with van der Waals surface area (Å²) in [7, 11) is 1.36. The second kappa shape index (κ2) is 4.25. The van der Waals surface area contributed by atoms with Gasteiger partial charge >= 0.3 is 5.97 Å². The molecule has 2 atom stereocenters. The lowest BCUT2D eigenvalue weighted by molar-refractivity contribution is -0.149.